The van der Waals surface area contributed by atoms with Gasteiger partial charge >= 0.3 is 0 Å². The van der Waals surface area contributed by atoms with E-state index in [1.807, 2.05) is 0 Å². The molecule has 0 aromatic heterocycles. The summed E-state index contributed by atoms with van der Waals surface area (Å²) in [6.45, 7) is 1.70. The van der Waals surface area contributed by atoms with Crippen molar-refractivity contribution in [2.45, 2.75) is 356 Å². The molecule has 0 saturated carbocycles. The van der Waals surface area contributed by atoms with Gasteiger partial charge in [0.15, 0.2) is 18.9 Å². The topological polar surface area (TPSA) is 307 Å². The van der Waals surface area contributed by atoms with Crippen LogP contribution in [-0.4, -0.2) is 193 Å². The van der Waals surface area contributed by atoms with Gasteiger partial charge in [-0.15, -0.1) is 0 Å². The summed E-state index contributed by atoms with van der Waals surface area (Å²) in [5, 5.41) is 121. The summed E-state index contributed by atoms with van der Waals surface area (Å²) in [7, 11) is 0. The molecule has 3 heterocycles. The molecule has 3 rings (SSSR count). The third-order valence-electron chi connectivity index (χ3n) is 17.4. The first kappa shape index (κ1) is 80.0. The van der Waals surface area contributed by atoms with Crippen LogP contribution in [0.15, 0.2) is 48.6 Å². The number of ether oxygens (including phenoxy) is 6. The summed E-state index contributed by atoms with van der Waals surface area (Å²) in [6, 6.07) is -0.890. The maximum Gasteiger partial charge on any atom is 0.220 e. The number of aliphatic hydroxyl groups is 11. The van der Waals surface area contributed by atoms with E-state index in [1.54, 1.807) is 0 Å². The van der Waals surface area contributed by atoms with Crippen molar-refractivity contribution in [2.24, 2.45) is 0 Å². The minimum Gasteiger partial charge on any atom is -0.394 e. The van der Waals surface area contributed by atoms with Gasteiger partial charge in [0.2, 0.25) is 5.91 Å². The summed E-state index contributed by atoms with van der Waals surface area (Å²) in [5.74, 6) is -0.244. The standard InChI is InChI=1S/C69H125NO18/c1-3-5-7-9-11-13-15-17-19-21-23-24-25-26-27-28-29-31-33-35-37-39-41-43-45-47-57(75)70-52(53(74)46-44-42-40-38-36-34-32-30-22-20-18-16-14-12-10-8-6-4-2)51-83-67-63(81)60(78)65(55(49-72)85-67)88-69-64(82)61(79)66(56(50-73)86-69)87-68-62(80)59(77)58(76)54(48-71)84-68/h5,7,11,13,17,19,23-24,52-56,58-69,71-74,76-82H,3-4,6,8-10,12,14-16,18,20-22,25-51H2,1-2H3,(H,70,75)/b7-5-,13-11-,19-17-,24-23-. The summed E-state index contributed by atoms with van der Waals surface area (Å²) < 4.78 is 34.4. The molecule has 19 nitrogen and oxygen atoms in total. The van der Waals surface area contributed by atoms with E-state index < -0.39 is 124 Å². The number of hydrogen-bond acceptors (Lipinski definition) is 18. The monoisotopic (exact) mass is 1260 g/mol. The molecule has 0 aliphatic carbocycles. The van der Waals surface area contributed by atoms with Crippen LogP contribution in [0.5, 0.6) is 0 Å². The van der Waals surface area contributed by atoms with Crippen LogP contribution in [0.25, 0.3) is 0 Å². The molecule has 0 bridgehead atoms. The van der Waals surface area contributed by atoms with Gasteiger partial charge in [0, 0.05) is 6.42 Å². The molecule has 17 atom stereocenters. The Morgan fingerprint density at radius 2 is 0.784 bits per heavy atom. The molecule has 17 unspecified atom stereocenters. The molecule has 3 aliphatic heterocycles. The van der Waals surface area contributed by atoms with E-state index in [0.29, 0.717) is 12.8 Å². The van der Waals surface area contributed by atoms with E-state index in [0.717, 1.165) is 77.0 Å². The Morgan fingerprint density at radius 1 is 0.420 bits per heavy atom. The largest absolute Gasteiger partial charge is 0.394 e. The quantitative estimate of drug-likeness (QED) is 0.0200. The van der Waals surface area contributed by atoms with Crippen LogP contribution in [0.4, 0.5) is 0 Å². The van der Waals surface area contributed by atoms with Gasteiger partial charge in [-0.2, -0.15) is 0 Å². The fourth-order valence-electron chi connectivity index (χ4n) is 11.8. The first-order valence-corrected chi connectivity index (χ1v) is 34.9. The lowest BCUT2D eigenvalue weighted by atomic mass is 9.96. The van der Waals surface area contributed by atoms with E-state index >= 15 is 0 Å². The van der Waals surface area contributed by atoms with Gasteiger partial charge in [-0.1, -0.05) is 242 Å². The van der Waals surface area contributed by atoms with Gasteiger partial charge in [0.25, 0.3) is 0 Å². The van der Waals surface area contributed by atoms with E-state index in [-0.39, 0.29) is 18.9 Å². The maximum absolute atomic E-state index is 13.4. The highest BCUT2D eigenvalue weighted by atomic mass is 16.8. The molecule has 19 heteroatoms. The van der Waals surface area contributed by atoms with E-state index in [1.165, 1.54) is 141 Å². The Labute approximate surface area is 529 Å². The molecule has 3 aliphatic rings. The molecular weight excluding hydrogens is 1130 g/mol. The van der Waals surface area contributed by atoms with Crippen molar-refractivity contribution in [1.82, 2.24) is 5.32 Å². The predicted octanol–water partition coefficient (Wildman–Crippen LogP) is 9.00. The average Bonchev–Trinajstić information content (AvgIpc) is 3.70. The van der Waals surface area contributed by atoms with Gasteiger partial charge < -0.3 is 89.9 Å². The fourth-order valence-corrected chi connectivity index (χ4v) is 11.8. The number of allylic oxidation sites excluding steroid dienone is 8. The van der Waals surface area contributed by atoms with Crippen LogP contribution in [0, 0.1) is 0 Å². The number of nitrogens with one attached hydrogen (secondary N) is 1. The Hall–Kier alpha value is -2.25. The van der Waals surface area contributed by atoms with Crippen LogP contribution in [0.1, 0.15) is 251 Å². The van der Waals surface area contributed by atoms with Crippen molar-refractivity contribution < 1.29 is 89.4 Å². The Morgan fingerprint density at radius 3 is 1.23 bits per heavy atom. The zero-order valence-corrected chi connectivity index (χ0v) is 54.2. The van der Waals surface area contributed by atoms with Crippen LogP contribution in [-0.2, 0) is 33.2 Å². The third-order valence-corrected chi connectivity index (χ3v) is 17.4. The first-order chi connectivity index (χ1) is 42.8. The average molecular weight is 1260 g/mol. The molecule has 88 heavy (non-hydrogen) atoms. The maximum atomic E-state index is 13.4. The van der Waals surface area contributed by atoms with Crippen molar-refractivity contribution in [2.75, 3.05) is 26.4 Å². The van der Waals surface area contributed by atoms with Gasteiger partial charge in [0.05, 0.1) is 38.6 Å². The lowest BCUT2D eigenvalue weighted by molar-refractivity contribution is -0.379. The highest BCUT2D eigenvalue weighted by Gasteiger charge is 2.53. The minimum atomic E-state index is -1.97. The van der Waals surface area contributed by atoms with Crippen molar-refractivity contribution >= 4 is 5.91 Å². The summed E-state index contributed by atoms with van der Waals surface area (Å²) >= 11 is 0. The third kappa shape index (κ3) is 33.0. The number of carbonyl (C=O) groups is 1. The van der Waals surface area contributed by atoms with Crippen LogP contribution in [0.3, 0.4) is 0 Å². The Bertz CT molecular complexity index is 1790. The zero-order valence-electron chi connectivity index (χ0n) is 54.2. The molecule has 0 spiro atoms. The molecule has 3 fully saturated rings. The van der Waals surface area contributed by atoms with Crippen molar-refractivity contribution in [1.29, 1.82) is 0 Å². The van der Waals surface area contributed by atoms with Crippen molar-refractivity contribution in [3.05, 3.63) is 48.6 Å². The lowest BCUT2D eigenvalue weighted by Gasteiger charge is -2.48. The molecule has 1 amide bonds. The smallest absolute Gasteiger partial charge is 0.220 e. The van der Waals surface area contributed by atoms with Gasteiger partial charge in [-0.25, -0.2) is 0 Å². The normalized spacial score (nSPS) is 28.7. The first-order valence-electron chi connectivity index (χ1n) is 34.9. The van der Waals surface area contributed by atoms with E-state index in [4.69, 9.17) is 28.4 Å². The van der Waals surface area contributed by atoms with Crippen molar-refractivity contribution in [3.63, 3.8) is 0 Å². The van der Waals surface area contributed by atoms with Gasteiger partial charge in [-0.3, -0.25) is 4.79 Å². The highest BCUT2D eigenvalue weighted by Crippen LogP contribution is 2.33. The predicted molar refractivity (Wildman–Crippen MR) is 342 cm³/mol. The molecule has 514 valence electrons. The summed E-state index contributed by atoms with van der Waals surface area (Å²) in [6.07, 6.45) is 33.2. The number of amides is 1. The second-order valence-corrected chi connectivity index (χ2v) is 25.0. The number of rotatable bonds is 53. The molecule has 0 aromatic carbocycles. The molecular formula is C69H125NO18. The van der Waals surface area contributed by atoms with Gasteiger partial charge in [0.1, 0.15) is 73.2 Å². The zero-order chi connectivity index (χ0) is 64.0. The SMILES string of the molecule is CC/C=C\C/C=C\C/C=C\C/C=C\CCCCCCCCCCCCCCC(=O)NC(COC1OC(CO)C(OC2OC(CO)C(OC3OC(CO)C(O)C(O)C3O)C(O)C2O)C(O)C1O)C(O)CCCCCCCCCCCCCCCCCCCC. The number of aliphatic hydroxyl groups excluding tert-OH is 11. The summed E-state index contributed by atoms with van der Waals surface area (Å²) in [4.78, 5) is 13.4. The second kappa shape index (κ2) is 51.2. The molecule has 3 saturated heterocycles. The second-order valence-electron chi connectivity index (χ2n) is 25.0. The number of carbonyl (C=O) groups excluding carboxylic acids is 1. The van der Waals surface area contributed by atoms with E-state index in [2.05, 4.69) is 67.8 Å². The fraction of sp³-hybridized carbons (Fsp3) is 0.870. The molecule has 0 radical (unpaired) electrons. The van der Waals surface area contributed by atoms with Crippen LogP contribution >= 0.6 is 0 Å². The molecule has 0 aromatic rings. The number of hydrogen-bond donors (Lipinski definition) is 12. The minimum absolute atomic E-state index is 0.244. The molecule has 12 N–H and O–H groups in total. The highest BCUT2D eigenvalue weighted by molar-refractivity contribution is 5.76. The van der Waals surface area contributed by atoms with E-state index in [9.17, 15) is 61.0 Å². The lowest BCUT2D eigenvalue weighted by Crippen LogP contribution is -2.66. The Kier molecular flexibility index (Phi) is 46.5. The van der Waals surface area contributed by atoms with Crippen LogP contribution in [0.2, 0.25) is 0 Å². The van der Waals surface area contributed by atoms with Gasteiger partial charge in [-0.05, 0) is 51.4 Å². The number of unbranched alkanes of at least 4 members (excludes halogenated alkanes) is 29. The Balaban J connectivity index is 1.42. The van der Waals surface area contributed by atoms with Crippen molar-refractivity contribution in [3.8, 4) is 0 Å². The summed E-state index contributed by atoms with van der Waals surface area (Å²) in [5.41, 5.74) is 0. The van der Waals surface area contributed by atoms with Crippen LogP contribution < -0.4 is 5.32 Å².